The molecule has 0 aliphatic rings. The fourth-order valence-electron chi connectivity index (χ4n) is 1.14. The first-order valence-electron chi connectivity index (χ1n) is 4.20. The Morgan fingerprint density at radius 2 is 2.40 bits per heavy atom. The van der Waals surface area contributed by atoms with E-state index in [0.29, 0.717) is 16.9 Å². The Morgan fingerprint density at radius 3 is 3.13 bits per heavy atom. The highest BCUT2D eigenvalue weighted by Gasteiger charge is 2.08. The number of anilines is 1. The zero-order valence-electron chi connectivity index (χ0n) is 7.89. The lowest BCUT2D eigenvalue weighted by molar-refractivity contribution is -0.134. The lowest BCUT2D eigenvalue weighted by Crippen LogP contribution is -2.14. The number of aliphatic carboxylic acids is 1. The van der Waals surface area contributed by atoms with Gasteiger partial charge in [-0.05, 0) is 6.92 Å². The Balaban J connectivity index is 2.32. The molecule has 15 heavy (non-hydrogen) atoms. The third kappa shape index (κ3) is 1.85. The van der Waals surface area contributed by atoms with Gasteiger partial charge in [-0.25, -0.2) is 4.98 Å². The van der Waals surface area contributed by atoms with Gasteiger partial charge in [-0.15, -0.1) is 0 Å². The lowest BCUT2D eigenvalue weighted by atomic mass is 10.4. The van der Waals surface area contributed by atoms with E-state index in [-0.39, 0.29) is 12.5 Å². The fourth-order valence-corrected chi connectivity index (χ4v) is 1.14. The molecule has 2 aromatic rings. The molecule has 2 N–H and O–H groups in total. The minimum atomic E-state index is -0.975. The van der Waals surface area contributed by atoms with E-state index in [2.05, 4.69) is 20.3 Å². The zero-order valence-corrected chi connectivity index (χ0v) is 7.89. The first-order valence-corrected chi connectivity index (χ1v) is 4.20. The number of aromatic nitrogens is 3. The third-order valence-corrected chi connectivity index (χ3v) is 1.76. The van der Waals surface area contributed by atoms with Crippen molar-refractivity contribution in [2.24, 2.45) is 0 Å². The van der Waals surface area contributed by atoms with Gasteiger partial charge >= 0.3 is 5.97 Å². The molecule has 78 valence electrons. The average Bonchev–Trinajstić information content (AvgIpc) is 2.63. The van der Waals surface area contributed by atoms with Gasteiger partial charge in [-0.2, -0.15) is 9.97 Å². The van der Waals surface area contributed by atoms with E-state index in [1.54, 1.807) is 6.92 Å². The molecule has 0 amide bonds. The van der Waals surface area contributed by atoms with Crippen molar-refractivity contribution >= 4 is 23.1 Å². The number of carboxylic acids is 1. The molecule has 0 aliphatic carbocycles. The fraction of sp³-hybridized carbons (Fsp3) is 0.250. The number of hydrogen-bond acceptors (Lipinski definition) is 6. The second kappa shape index (κ2) is 3.52. The summed E-state index contributed by atoms with van der Waals surface area (Å²) in [6.45, 7) is 1.50. The Labute approximate surface area is 84.2 Å². The van der Waals surface area contributed by atoms with Crippen LogP contribution in [0.3, 0.4) is 0 Å². The van der Waals surface area contributed by atoms with Gasteiger partial charge in [0.1, 0.15) is 6.54 Å². The van der Waals surface area contributed by atoms with Crippen molar-refractivity contribution < 1.29 is 14.3 Å². The maximum absolute atomic E-state index is 10.3. The molecule has 0 radical (unpaired) electrons. The molecule has 0 atom stereocenters. The molecule has 0 bridgehead atoms. The molecule has 2 aromatic heterocycles. The van der Waals surface area contributed by atoms with Gasteiger partial charge in [0.15, 0.2) is 12.0 Å². The molecule has 0 unspecified atom stereocenters. The van der Waals surface area contributed by atoms with Crippen molar-refractivity contribution in [3.05, 3.63) is 12.1 Å². The first-order chi connectivity index (χ1) is 7.16. The van der Waals surface area contributed by atoms with Crippen LogP contribution in [-0.4, -0.2) is 32.6 Å². The molecule has 0 aliphatic heterocycles. The normalized spacial score (nSPS) is 10.5. The van der Waals surface area contributed by atoms with Crippen LogP contribution >= 0.6 is 0 Å². The summed E-state index contributed by atoms with van der Waals surface area (Å²) in [6.07, 6.45) is 1.27. The minimum absolute atomic E-state index is 0.233. The average molecular weight is 208 g/mol. The maximum Gasteiger partial charge on any atom is 0.322 e. The number of nitrogens with zero attached hydrogens (tertiary/aromatic N) is 3. The standard InChI is InChI=1S/C8H8N4O3/c1-4-6-7(10-3-15-6)12-8(11-4)9-2-5(13)14/h3H,2H2,1H3,(H,13,14)(H,9,11,12). The summed E-state index contributed by atoms with van der Waals surface area (Å²) in [6, 6.07) is 0. The maximum atomic E-state index is 10.3. The summed E-state index contributed by atoms with van der Waals surface area (Å²) >= 11 is 0. The van der Waals surface area contributed by atoms with Gasteiger partial charge in [0.2, 0.25) is 11.6 Å². The van der Waals surface area contributed by atoms with E-state index in [1.165, 1.54) is 6.39 Å². The quantitative estimate of drug-likeness (QED) is 0.753. The van der Waals surface area contributed by atoms with Crippen LogP contribution in [0, 0.1) is 6.92 Å². The molecular formula is C8H8N4O3. The van der Waals surface area contributed by atoms with E-state index < -0.39 is 5.97 Å². The highest BCUT2D eigenvalue weighted by molar-refractivity contribution is 5.74. The van der Waals surface area contributed by atoms with Gasteiger partial charge in [0.05, 0.1) is 5.69 Å². The van der Waals surface area contributed by atoms with E-state index >= 15 is 0 Å². The van der Waals surface area contributed by atoms with Crippen LogP contribution < -0.4 is 5.32 Å². The molecule has 0 saturated carbocycles. The van der Waals surface area contributed by atoms with E-state index in [1.807, 2.05) is 0 Å². The van der Waals surface area contributed by atoms with Crippen molar-refractivity contribution in [2.45, 2.75) is 6.92 Å². The van der Waals surface area contributed by atoms with Gasteiger partial charge in [-0.3, -0.25) is 4.79 Å². The smallest absolute Gasteiger partial charge is 0.322 e. The Morgan fingerprint density at radius 1 is 1.60 bits per heavy atom. The van der Waals surface area contributed by atoms with Gasteiger partial charge in [0.25, 0.3) is 0 Å². The number of hydrogen-bond donors (Lipinski definition) is 2. The molecule has 7 nitrogen and oxygen atoms in total. The SMILES string of the molecule is Cc1nc(NCC(=O)O)nc2ncoc12. The van der Waals surface area contributed by atoms with Crippen LogP contribution in [0.25, 0.3) is 11.2 Å². The summed E-state index contributed by atoms with van der Waals surface area (Å²) in [5, 5.41) is 11.0. The minimum Gasteiger partial charge on any atom is -0.480 e. The number of rotatable bonds is 3. The van der Waals surface area contributed by atoms with Gasteiger partial charge < -0.3 is 14.8 Å². The molecule has 2 heterocycles. The van der Waals surface area contributed by atoms with Crippen molar-refractivity contribution in [1.29, 1.82) is 0 Å². The van der Waals surface area contributed by atoms with E-state index in [4.69, 9.17) is 9.52 Å². The Kier molecular flexibility index (Phi) is 2.20. The molecule has 2 rings (SSSR count). The number of fused-ring (bicyclic) bond motifs is 1. The van der Waals surface area contributed by atoms with Crippen molar-refractivity contribution in [1.82, 2.24) is 15.0 Å². The second-order valence-electron chi connectivity index (χ2n) is 2.89. The van der Waals surface area contributed by atoms with Crippen LogP contribution in [0.15, 0.2) is 10.8 Å². The van der Waals surface area contributed by atoms with Crippen molar-refractivity contribution in [3.8, 4) is 0 Å². The van der Waals surface area contributed by atoms with Crippen LogP contribution in [0.4, 0.5) is 5.95 Å². The lowest BCUT2D eigenvalue weighted by Gasteiger charge is -2.01. The molecule has 0 spiro atoms. The van der Waals surface area contributed by atoms with Crippen molar-refractivity contribution in [2.75, 3.05) is 11.9 Å². The summed E-state index contributed by atoms with van der Waals surface area (Å²) in [7, 11) is 0. The van der Waals surface area contributed by atoms with Gasteiger partial charge in [0, 0.05) is 0 Å². The zero-order chi connectivity index (χ0) is 10.8. The highest BCUT2D eigenvalue weighted by atomic mass is 16.4. The number of carboxylic acid groups (broad SMARTS) is 1. The Bertz CT molecular complexity index is 508. The molecule has 0 fully saturated rings. The molecular weight excluding hydrogens is 200 g/mol. The second-order valence-corrected chi connectivity index (χ2v) is 2.89. The summed E-state index contributed by atoms with van der Waals surface area (Å²) in [5.41, 5.74) is 1.54. The van der Waals surface area contributed by atoms with E-state index in [9.17, 15) is 4.79 Å². The predicted molar refractivity (Wildman–Crippen MR) is 50.5 cm³/mol. The van der Waals surface area contributed by atoms with Crippen LogP contribution in [0.5, 0.6) is 0 Å². The molecule has 0 aromatic carbocycles. The topological polar surface area (TPSA) is 101 Å². The third-order valence-electron chi connectivity index (χ3n) is 1.76. The van der Waals surface area contributed by atoms with Crippen molar-refractivity contribution in [3.63, 3.8) is 0 Å². The Hall–Kier alpha value is -2.18. The molecule has 0 saturated heterocycles. The summed E-state index contributed by atoms with van der Waals surface area (Å²) in [4.78, 5) is 22.2. The number of oxazole rings is 1. The van der Waals surface area contributed by atoms with Crippen LogP contribution in [0.2, 0.25) is 0 Å². The van der Waals surface area contributed by atoms with Crippen LogP contribution in [-0.2, 0) is 4.79 Å². The summed E-state index contributed by atoms with van der Waals surface area (Å²) < 4.78 is 5.05. The summed E-state index contributed by atoms with van der Waals surface area (Å²) in [5.74, 6) is -0.743. The van der Waals surface area contributed by atoms with E-state index in [0.717, 1.165) is 0 Å². The first kappa shape index (κ1) is 9.38. The monoisotopic (exact) mass is 208 g/mol. The van der Waals surface area contributed by atoms with Gasteiger partial charge in [-0.1, -0.05) is 0 Å². The molecule has 7 heteroatoms. The van der Waals surface area contributed by atoms with Crippen LogP contribution in [0.1, 0.15) is 5.69 Å². The number of nitrogens with one attached hydrogen (secondary N) is 1. The number of carbonyl (C=O) groups is 1. The highest BCUT2D eigenvalue weighted by Crippen LogP contribution is 2.14. The largest absolute Gasteiger partial charge is 0.480 e. The number of aryl methyl sites for hydroxylation is 1. The predicted octanol–water partition coefficient (Wildman–Crippen LogP) is 0.423.